The smallest absolute Gasteiger partial charge is 0.233 e. The summed E-state index contributed by atoms with van der Waals surface area (Å²) in [6.07, 6.45) is 0. The Hall–Kier alpha value is -2.74. The average molecular weight is 402 g/mol. The van der Waals surface area contributed by atoms with Crippen molar-refractivity contribution < 1.29 is 13.6 Å². The molecule has 0 aliphatic carbocycles. The van der Waals surface area contributed by atoms with Gasteiger partial charge in [0.1, 0.15) is 11.6 Å². The normalized spacial score (nSPS) is 13.2. The van der Waals surface area contributed by atoms with Crippen LogP contribution >= 0.6 is 11.8 Å². The number of aromatic nitrogens is 3. The Balaban J connectivity index is 1.65. The first-order valence-corrected chi connectivity index (χ1v) is 9.61. The second kappa shape index (κ2) is 8.52. The first kappa shape index (κ1) is 20.0. The maximum atomic E-state index is 13.1. The number of nitrogens with zero attached hydrogens (tertiary/aromatic N) is 3. The maximum Gasteiger partial charge on any atom is 0.233 e. The molecular weight excluding hydrogens is 382 g/mol. The van der Waals surface area contributed by atoms with Crippen LogP contribution < -0.4 is 5.32 Å². The molecule has 0 radical (unpaired) electrons. The van der Waals surface area contributed by atoms with Crippen LogP contribution in [0.3, 0.4) is 0 Å². The van der Waals surface area contributed by atoms with Gasteiger partial charge in [0.15, 0.2) is 11.0 Å². The minimum absolute atomic E-state index is 0.159. The minimum Gasteiger partial charge on any atom is -0.349 e. The van der Waals surface area contributed by atoms with Crippen LogP contribution in [-0.2, 0) is 11.8 Å². The van der Waals surface area contributed by atoms with Crippen molar-refractivity contribution in [3.05, 3.63) is 65.7 Å². The summed E-state index contributed by atoms with van der Waals surface area (Å²) in [4.78, 5) is 12.5. The largest absolute Gasteiger partial charge is 0.349 e. The molecule has 2 atom stereocenters. The number of hydrogen-bond acceptors (Lipinski definition) is 4. The molecule has 2 aromatic carbocycles. The zero-order valence-corrected chi connectivity index (χ0v) is 16.5. The quantitative estimate of drug-likeness (QED) is 0.630. The van der Waals surface area contributed by atoms with E-state index in [0.29, 0.717) is 11.0 Å². The third-order valence-corrected chi connectivity index (χ3v) is 5.45. The monoisotopic (exact) mass is 402 g/mol. The average Bonchev–Trinajstić information content (AvgIpc) is 3.03. The van der Waals surface area contributed by atoms with E-state index in [4.69, 9.17) is 0 Å². The van der Waals surface area contributed by atoms with Crippen molar-refractivity contribution in [2.24, 2.45) is 7.05 Å². The van der Waals surface area contributed by atoms with E-state index in [1.807, 2.05) is 6.92 Å². The van der Waals surface area contributed by atoms with Crippen molar-refractivity contribution in [2.75, 3.05) is 0 Å². The molecular formula is C20H20F2N4OS. The van der Waals surface area contributed by atoms with Crippen LogP contribution in [0.25, 0.3) is 11.4 Å². The van der Waals surface area contributed by atoms with Gasteiger partial charge in [0, 0.05) is 12.6 Å². The molecule has 0 bridgehead atoms. The number of nitrogens with one attached hydrogen (secondary N) is 1. The highest BCUT2D eigenvalue weighted by atomic mass is 32.2. The Bertz CT molecular complexity index is 957. The number of rotatable bonds is 6. The van der Waals surface area contributed by atoms with Gasteiger partial charge in [-0.15, -0.1) is 10.2 Å². The van der Waals surface area contributed by atoms with Crippen LogP contribution in [0.15, 0.2) is 53.7 Å². The van der Waals surface area contributed by atoms with Crippen LogP contribution in [0.1, 0.15) is 25.5 Å². The highest BCUT2D eigenvalue weighted by Gasteiger charge is 2.21. The van der Waals surface area contributed by atoms with Crippen molar-refractivity contribution in [3.8, 4) is 11.4 Å². The van der Waals surface area contributed by atoms with Gasteiger partial charge in [-0.05, 0) is 55.8 Å². The number of carbonyl (C=O) groups is 1. The molecule has 8 heteroatoms. The summed E-state index contributed by atoms with van der Waals surface area (Å²) in [6.45, 7) is 3.63. The summed E-state index contributed by atoms with van der Waals surface area (Å²) in [5, 5.41) is 11.4. The highest BCUT2D eigenvalue weighted by Crippen LogP contribution is 2.26. The third-order valence-electron chi connectivity index (χ3n) is 4.32. The summed E-state index contributed by atoms with van der Waals surface area (Å²) < 4.78 is 27.9. The zero-order chi connectivity index (χ0) is 20.3. The van der Waals surface area contributed by atoms with E-state index < -0.39 is 5.25 Å². The van der Waals surface area contributed by atoms with Gasteiger partial charge in [0.2, 0.25) is 5.91 Å². The summed E-state index contributed by atoms with van der Waals surface area (Å²) in [6, 6.07) is 11.8. The molecule has 1 N–H and O–H groups in total. The van der Waals surface area contributed by atoms with Crippen LogP contribution in [0, 0.1) is 11.6 Å². The molecule has 1 heterocycles. The molecule has 0 saturated carbocycles. The standard InChI is InChI=1S/C20H20F2N4OS/c1-12(14-4-8-16(21)9-5-14)23-19(27)13(2)28-20-25-24-18(26(20)3)15-6-10-17(22)11-7-15/h4-13H,1-3H3,(H,23,27)/t12-,13-/m0/s1. The lowest BCUT2D eigenvalue weighted by molar-refractivity contribution is -0.120. The predicted octanol–water partition coefficient (Wildman–Crippen LogP) is 4.12. The van der Waals surface area contributed by atoms with Crippen LogP contribution in [0.2, 0.25) is 0 Å². The number of thioether (sulfide) groups is 1. The number of carbonyl (C=O) groups excluding carboxylic acids is 1. The minimum atomic E-state index is -0.410. The fourth-order valence-corrected chi connectivity index (χ4v) is 3.47. The Kier molecular flexibility index (Phi) is 6.08. The second-order valence-corrected chi connectivity index (χ2v) is 7.72. The van der Waals surface area contributed by atoms with Gasteiger partial charge in [0.05, 0.1) is 11.3 Å². The van der Waals surface area contributed by atoms with E-state index in [-0.39, 0.29) is 23.6 Å². The summed E-state index contributed by atoms with van der Waals surface area (Å²) in [5.74, 6) is -0.200. The lowest BCUT2D eigenvalue weighted by atomic mass is 10.1. The van der Waals surface area contributed by atoms with Crippen LogP contribution in [-0.4, -0.2) is 25.9 Å². The van der Waals surface area contributed by atoms with Crippen molar-refractivity contribution in [1.82, 2.24) is 20.1 Å². The summed E-state index contributed by atoms with van der Waals surface area (Å²) in [5.41, 5.74) is 1.56. The van der Waals surface area contributed by atoms with Gasteiger partial charge in [-0.25, -0.2) is 8.78 Å². The molecule has 28 heavy (non-hydrogen) atoms. The molecule has 1 aromatic heterocycles. The third kappa shape index (κ3) is 4.56. The number of halogens is 2. The Morgan fingerprint density at radius 2 is 1.57 bits per heavy atom. The van der Waals surface area contributed by atoms with E-state index in [0.717, 1.165) is 11.1 Å². The van der Waals surface area contributed by atoms with Gasteiger partial charge < -0.3 is 9.88 Å². The maximum absolute atomic E-state index is 13.1. The molecule has 0 spiro atoms. The topological polar surface area (TPSA) is 59.8 Å². The second-order valence-electron chi connectivity index (χ2n) is 6.41. The van der Waals surface area contributed by atoms with Gasteiger partial charge in [0.25, 0.3) is 0 Å². The van der Waals surface area contributed by atoms with Crippen molar-refractivity contribution >= 4 is 17.7 Å². The molecule has 0 aliphatic rings. The molecule has 0 fully saturated rings. The van der Waals surface area contributed by atoms with Crippen molar-refractivity contribution in [2.45, 2.75) is 30.3 Å². The van der Waals surface area contributed by atoms with E-state index in [9.17, 15) is 13.6 Å². The first-order chi connectivity index (χ1) is 13.3. The molecule has 0 saturated heterocycles. The molecule has 3 rings (SSSR count). The van der Waals surface area contributed by atoms with Crippen molar-refractivity contribution in [3.63, 3.8) is 0 Å². The molecule has 5 nitrogen and oxygen atoms in total. The van der Waals surface area contributed by atoms with E-state index in [1.165, 1.54) is 36.0 Å². The SMILES string of the molecule is C[C@H](Sc1nnc(-c2ccc(F)cc2)n1C)C(=O)N[C@@H](C)c1ccc(F)cc1. The molecule has 0 unspecified atom stereocenters. The first-order valence-electron chi connectivity index (χ1n) is 8.73. The van der Waals surface area contributed by atoms with E-state index in [2.05, 4.69) is 15.5 Å². The lowest BCUT2D eigenvalue weighted by Crippen LogP contribution is -2.33. The van der Waals surface area contributed by atoms with E-state index in [1.54, 1.807) is 42.8 Å². The van der Waals surface area contributed by atoms with Gasteiger partial charge in [-0.3, -0.25) is 4.79 Å². The Morgan fingerprint density at radius 3 is 2.18 bits per heavy atom. The Morgan fingerprint density at radius 1 is 1.00 bits per heavy atom. The molecule has 0 aliphatic heterocycles. The lowest BCUT2D eigenvalue weighted by Gasteiger charge is -2.17. The highest BCUT2D eigenvalue weighted by molar-refractivity contribution is 8.00. The number of hydrogen-bond donors (Lipinski definition) is 1. The molecule has 146 valence electrons. The number of benzene rings is 2. The van der Waals surface area contributed by atoms with Crippen molar-refractivity contribution in [1.29, 1.82) is 0 Å². The summed E-state index contributed by atoms with van der Waals surface area (Å²) >= 11 is 1.28. The van der Waals surface area contributed by atoms with Gasteiger partial charge in [-0.2, -0.15) is 0 Å². The Labute approximate surface area is 166 Å². The molecule has 1 amide bonds. The van der Waals surface area contributed by atoms with E-state index >= 15 is 0 Å². The summed E-state index contributed by atoms with van der Waals surface area (Å²) in [7, 11) is 1.80. The van der Waals surface area contributed by atoms with Crippen LogP contribution in [0.5, 0.6) is 0 Å². The fraction of sp³-hybridized carbons (Fsp3) is 0.250. The fourth-order valence-electron chi connectivity index (χ4n) is 2.65. The molecule has 3 aromatic rings. The van der Waals surface area contributed by atoms with Crippen LogP contribution in [0.4, 0.5) is 8.78 Å². The van der Waals surface area contributed by atoms with Gasteiger partial charge in [-0.1, -0.05) is 23.9 Å². The number of amides is 1. The predicted molar refractivity (Wildman–Crippen MR) is 105 cm³/mol. The zero-order valence-electron chi connectivity index (χ0n) is 15.7. The van der Waals surface area contributed by atoms with Gasteiger partial charge >= 0.3 is 0 Å².